The monoisotopic (exact) mass is 382 g/mol. The molecule has 3 fully saturated rings. The number of nitrogens with two attached hydrogens (primary N) is 1. The number of rotatable bonds is 3. The highest BCUT2D eigenvalue weighted by Gasteiger charge is 2.65. The van der Waals surface area contributed by atoms with Crippen LogP contribution in [0, 0.1) is 5.92 Å². The van der Waals surface area contributed by atoms with E-state index in [1.54, 1.807) is 15.9 Å². The van der Waals surface area contributed by atoms with Crippen molar-refractivity contribution in [3.05, 3.63) is 29.6 Å². The zero-order valence-corrected chi connectivity index (χ0v) is 14.7. The largest absolute Gasteiger partial charge is 0.399 e. The Bertz CT molecular complexity index is 755. The van der Waals surface area contributed by atoms with Gasteiger partial charge in [0.2, 0.25) is 5.91 Å². The lowest BCUT2D eigenvalue weighted by atomic mass is 9.91. The van der Waals surface area contributed by atoms with Crippen molar-refractivity contribution in [2.24, 2.45) is 11.7 Å². The Morgan fingerprint density at radius 1 is 1.15 bits per heavy atom. The highest BCUT2D eigenvalue weighted by atomic mass is 19.4. The summed E-state index contributed by atoms with van der Waals surface area (Å²) in [4.78, 5) is 31.0. The fourth-order valence-corrected chi connectivity index (χ4v) is 3.95. The highest BCUT2D eigenvalue weighted by molar-refractivity contribution is 5.80. The van der Waals surface area contributed by atoms with Crippen LogP contribution in [-0.2, 0) is 10.2 Å². The molecule has 2 N–H and O–H groups in total. The van der Waals surface area contributed by atoms with Gasteiger partial charge >= 0.3 is 12.2 Å². The maximum atomic E-state index is 13.2. The molecule has 1 aromatic heterocycles. The molecule has 4 rings (SSSR count). The molecule has 2 aliphatic heterocycles. The van der Waals surface area contributed by atoms with E-state index in [0.717, 1.165) is 5.56 Å². The number of primary amides is 1. The molecular weight excluding hydrogens is 361 g/mol. The first-order valence-electron chi connectivity index (χ1n) is 9.07. The number of nitrogens with zero attached hydrogens (tertiary/aromatic N) is 3. The Balaban J connectivity index is 1.34. The summed E-state index contributed by atoms with van der Waals surface area (Å²) < 4.78 is 39.5. The number of carbonyl (C=O) groups excluding carboxylic acids is 2. The van der Waals surface area contributed by atoms with Gasteiger partial charge in [-0.15, -0.1) is 0 Å². The van der Waals surface area contributed by atoms with E-state index in [0.29, 0.717) is 32.6 Å². The molecule has 0 aromatic carbocycles. The Labute approximate surface area is 154 Å². The molecule has 1 saturated carbocycles. The van der Waals surface area contributed by atoms with Crippen molar-refractivity contribution in [3.63, 3.8) is 0 Å². The minimum atomic E-state index is -4.26. The predicted octanol–water partition coefficient (Wildman–Crippen LogP) is 2.00. The van der Waals surface area contributed by atoms with Crippen LogP contribution in [0.25, 0.3) is 0 Å². The molecule has 3 aliphatic rings. The van der Waals surface area contributed by atoms with Crippen LogP contribution in [0.5, 0.6) is 0 Å². The van der Waals surface area contributed by atoms with E-state index in [-0.39, 0.29) is 42.3 Å². The summed E-state index contributed by atoms with van der Waals surface area (Å²) in [5, 5.41) is 0. The van der Waals surface area contributed by atoms with Crippen LogP contribution in [0.2, 0.25) is 0 Å². The third-order valence-electron chi connectivity index (χ3n) is 6.05. The fourth-order valence-electron chi connectivity index (χ4n) is 3.95. The van der Waals surface area contributed by atoms with E-state index in [4.69, 9.17) is 5.73 Å². The number of amides is 3. The van der Waals surface area contributed by atoms with E-state index in [2.05, 4.69) is 4.98 Å². The van der Waals surface area contributed by atoms with Gasteiger partial charge in [-0.2, -0.15) is 13.2 Å². The summed E-state index contributed by atoms with van der Waals surface area (Å²) in [6, 6.07) is 3.05. The average Bonchev–Trinajstić information content (AvgIpc) is 3.24. The van der Waals surface area contributed by atoms with Gasteiger partial charge in [-0.1, -0.05) is 6.07 Å². The maximum absolute atomic E-state index is 13.2. The van der Waals surface area contributed by atoms with Gasteiger partial charge in [-0.3, -0.25) is 9.78 Å². The molecule has 1 aliphatic carbocycles. The van der Waals surface area contributed by atoms with Gasteiger partial charge < -0.3 is 15.5 Å². The van der Waals surface area contributed by atoms with Crippen LogP contribution in [0.4, 0.5) is 18.0 Å². The lowest BCUT2D eigenvalue weighted by Gasteiger charge is -2.41. The molecule has 2 saturated heterocycles. The SMILES string of the molecule is NC(=O)[C@H]1CCN(C(=O)N2CC(c3ccc(C4(C(F)(F)F)CC4)nc3)C2)C1. The first-order chi connectivity index (χ1) is 12.7. The smallest absolute Gasteiger partial charge is 0.369 e. The molecule has 1 atom stereocenters. The number of halogens is 3. The van der Waals surface area contributed by atoms with Crippen LogP contribution in [0.1, 0.15) is 36.4 Å². The molecule has 0 unspecified atom stereocenters. The van der Waals surface area contributed by atoms with Crippen LogP contribution in [0.3, 0.4) is 0 Å². The number of aromatic nitrogens is 1. The molecule has 27 heavy (non-hydrogen) atoms. The summed E-state index contributed by atoms with van der Waals surface area (Å²) in [7, 11) is 0. The van der Waals surface area contributed by atoms with Crippen molar-refractivity contribution < 1.29 is 22.8 Å². The van der Waals surface area contributed by atoms with E-state index >= 15 is 0 Å². The van der Waals surface area contributed by atoms with E-state index in [9.17, 15) is 22.8 Å². The number of alkyl halides is 3. The highest BCUT2D eigenvalue weighted by Crippen LogP contribution is 2.58. The van der Waals surface area contributed by atoms with Gasteiger partial charge in [-0.25, -0.2) is 4.79 Å². The number of urea groups is 1. The lowest BCUT2D eigenvalue weighted by molar-refractivity contribution is -0.161. The van der Waals surface area contributed by atoms with Gasteiger partial charge in [0, 0.05) is 38.3 Å². The van der Waals surface area contributed by atoms with Gasteiger partial charge in [0.25, 0.3) is 0 Å². The van der Waals surface area contributed by atoms with E-state index < -0.39 is 11.6 Å². The zero-order chi connectivity index (χ0) is 19.4. The zero-order valence-electron chi connectivity index (χ0n) is 14.7. The number of carbonyl (C=O) groups is 2. The number of likely N-dealkylation sites (tertiary alicyclic amines) is 2. The first kappa shape index (κ1) is 18.1. The topological polar surface area (TPSA) is 79.5 Å². The van der Waals surface area contributed by atoms with Gasteiger partial charge in [0.1, 0.15) is 5.41 Å². The maximum Gasteiger partial charge on any atom is 0.399 e. The minimum absolute atomic E-state index is 0.0751. The summed E-state index contributed by atoms with van der Waals surface area (Å²) in [6.45, 7) is 1.87. The molecule has 3 heterocycles. The summed E-state index contributed by atoms with van der Waals surface area (Å²) >= 11 is 0. The summed E-state index contributed by atoms with van der Waals surface area (Å²) in [6.07, 6.45) is -1.98. The molecule has 0 bridgehead atoms. The molecule has 0 spiro atoms. The van der Waals surface area contributed by atoms with Crippen molar-refractivity contribution in [2.75, 3.05) is 26.2 Å². The number of hydrogen-bond acceptors (Lipinski definition) is 3. The van der Waals surface area contributed by atoms with Crippen LogP contribution >= 0.6 is 0 Å². The molecular formula is C18H21F3N4O2. The molecule has 9 heteroatoms. The summed E-state index contributed by atoms with van der Waals surface area (Å²) in [5.74, 6) is -0.595. The second-order valence-corrected chi connectivity index (χ2v) is 7.78. The Morgan fingerprint density at radius 3 is 2.33 bits per heavy atom. The van der Waals surface area contributed by atoms with Crippen molar-refractivity contribution in [2.45, 2.75) is 36.8 Å². The van der Waals surface area contributed by atoms with E-state index in [1.165, 1.54) is 12.3 Å². The number of hydrogen-bond donors (Lipinski definition) is 1. The third-order valence-corrected chi connectivity index (χ3v) is 6.05. The van der Waals surface area contributed by atoms with Crippen molar-refractivity contribution >= 4 is 11.9 Å². The first-order valence-corrected chi connectivity index (χ1v) is 9.07. The van der Waals surface area contributed by atoms with Crippen molar-refractivity contribution in [3.8, 4) is 0 Å². The molecule has 1 aromatic rings. The van der Waals surface area contributed by atoms with Crippen LogP contribution in [-0.4, -0.2) is 59.1 Å². The van der Waals surface area contributed by atoms with Crippen LogP contribution < -0.4 is 5.73 Å². The summed E-state index contributed by atoms with van der Waals surface area (Å²) in [5.41, 5.74) is 4.45. The fraction of sp³-hybridized carbons (Fsp3) is 0.611. The van der Waals surface area contributed by atoms with Crippen LogP contribution in [0.15, 0.2) is 18.3 Å². The number of pyridine rings is 1. The third kappa shape index (κ3) is 3.02. The molecule has 3 amide bonds. The minimum Gasteiger partial charge on any atom is -0.369 e. The molecule has 6 nitrogen and oxygen atoms in total. The van der Waals surface area contributed by atoms with Crippen molar-refractivity contribution in [1.29, 1.82) is 0 Å². The Hall–Kier alpha value is -2.32. The standard InChI is InChI=1S/C18H21F3N4O2/c19-18(20,21)17(4-5-17)14-2-1-11(7-23-14)13-9-25(10-13)16(27)24-6-3-12(8-24)15(22)26/h1-2,7,12-13H,3-6,8-10H2,(H2,22,26)/t12-/m0/s1. The predicted molar refractivity (Wildman–Crippen MR) is 89.8 cm³/mol. The second-order valence-electron chi connectivity index (χ2n) is 7.78. The van der Waals surface area contributed by atoms with Gasteiger partial charge in [-0.05, 0) is 30.9 Å². The second kappa shape index (κ2) is 6.10. The average molecular weight is 382 g/mol. The molecule has 0 radical (unpaired) electrons. The van der Waals surface area contributed by atoms with Crippen molar-refractivity contribution in [1.82, 2.24) is 14.8 Å². The molecule has 146 valence electrons. The lowest BCUT2D eigenvalue weighted by Crippen LogP contribution is -2.53. The Morgan fingerprint density at radius 2 is 1.85 bits per heavy atom. The normalized spacial score (nSPS) is 24.6. The van der Waals surface area contributed by atoms with E-state index in [1.807, 2.05) is 0 Å². The quantitative estimate of drug-likeness (QED) is 0.868. The van der Waals surface area contributed by atoms with Gasteiger partial charge in [0.15, 0.2) is 0 Å². The Kier molecular flexibility index (Phi) is 4.08. The van der Waals surface area contributed by atoms with Gasteiger partial charge in [0.05, 0.1) is 11.6 Å².